The first-order valence-corrected chi connectivity index (χ1v) is 35.6. The van der Waals surface area contributed by atoms with Gasteiger partial charge in [-0.3, -0.25) is 0 Å². The third-order valence-corrected chi connectivity index (χ3v) is 16.8. The third-order valence-electron chi connectivity index (χ3n) is 16.8. The molecule has 0 fully saturated rings. The van der Waals surface area contributed by atoms with Crippen LogP contribution >= 0.6 is 0 Å². The van der Waals surface area contributed by atoms with E-state index in [1.807, 2.05) is 184 Å². The van der Waals surface area contributed by atoms with Gasteiger partial charge in [0.2, 0.25) is 0 Å². The molecule has 0 bridgehead atoms. The van der Waals surface area contributed by atoms with Crippen molar-refractivity contribution in [3.63, 3.8) is 0 Å². The fourth-order valence-corrected chi connectivity index (χ4v) is 13.2. The van der Waals surface area contributed by atoms with Crippen molar-refractivity contribution in [2.75, 3.05) is 0 Å². The maximum Gasteiger partial charge on any atom is 0.135 e. The average Bonchev–Trinajstić information content (AvgIpc) is 1.51. The molecule has 0 radical (unpaired) electrons. The maximum absolute atomic E-state index is 5.65. The van der Waals surface area contributed by atoms with E-state index in [4.69, 9.17) is 8.83 Å². The Morgan fingerprint density at radius 3 is 0.635 bits per heavy atom. The van der Waals surface area contributed by atoms with Gasteiger partial charge in [-0.2, -0.15) is 0 Å². The summed E-state index contributed by atoms with van der Waals surface area (Å²) in [6.45, 7) is 36.6. The van der Waals surface area contributed by atoms with Gasteiger partial charge in [-0.15, -0.1) is 0 Å². The molecular formula is C93H105NO2. The van der Waals surface area contributed by atoms with Gasteiger partial charge < -0.3 is 13.4 Å². The number of nitrogens with zero attached hydrogens (tertiary/aromatic N) is 1. The normalized spacial score (nSPS) is 11.4. The average molecular weight is 1270 g/mol. The van der Waals surface area contributed by atoms with Crippen LogP contribution in [0.4, 0.5) is 0 Å². The number of para-hydroxylation sites is 6. The molecule has 3 nitrogen and oxygen atoms in total. The van der Waals surface area contributed by atoms with Gasteiger partial charge in [0.05, 0.1) is 5.41 Å². The lowest BCUT2D eigenvalue weighted by Gasteiger charge is -2.30. The van der Waals surface area contributed by atoms with Crippen molar-refractivity contribution >= 4 is 65.7 Å². The zero-order valence-electron chi connectivity index (χ0n) is 61.0. The van der Waals surface area contributed by atoms with Crippen LogP contribution in [0.1, 0.15) is 158 Å². The quantitative estimate of drug-likeness (QED) is 0.152. The van der Waals surface area contributed by atoms with E-state index >= 15 is 0 Å². The standard InChI is InChI=1S/C25H16.C15H14.C13H11N.2C12H8O.8C2H6/c1-5-13-21-17(9-1)18-10-2-6-14-22(18)25(21)23-15-7-3-11-19(23)20-12-4-8-16-24(20)25;1-15(2)13-9-5-3-7-11(13)12-8-4-6-10-14(12)15;1-14-12-8-4-2-6-10(12)11-7-3-5-9-13(11)14;2*1-3-7-11-9(5-1)10-6-2-4-8-12(10)13-11;8*1-2/h1-16H;3-10H,1-2H3;2-9H,1H3;2*1-8H;8*1-2H3. The van der Waals surface area contributed by atoms with Gasteiger partial charge in [-0.25, -0.2) is 0 Å². The molecule has 96 heavy (non-hydrogen) atoms. The molecule has 0 N–H and O–H groups in total. The minimum Gasteiger partial charge on any atom is -0.456 e. The summed E-state index contributed by atoms with van der Waals surface area (Å²) in [5, 5.41) is 7.45. The lowest BCUT2D eigenvalue weighted by molar-refractivity contribution is 0.660. The van der Waals surface area contributed by atoms with Crippen LogP contribution in [0, 0.1) is 0 Å². The Bertz CT molecular complexity index is 4300. The van der Waals surface area contributed by atoms with Crippen LogP contribution in [0.25, 0.3) is 99.1 Å². The maximum atomic E-state index is 5.65. The molecule has 15 aromatic rings. The number of aromatic nitrogens is 1. The van der Waals surface area contributed by atoms with Gasteiger partial charge in [0.15, 0.2) is 0 Å². The first-order valence-electron chi connectivity index (χ1n) is 35.6. The van der Waals surface area contributed by atoms with Crippen molar-refractivity contribution in [1.29, 1.82) is 0 Å². The minimum atomic E-state index is -0.180. The van der Waals surface area contributed by atoms with Gasteiger partial charge in [-0.1, -0.05) is 379 Å². The molecule has 0 amide bonds. The second kappa shape index (κ2) is 37.2. The Hall–Kier alpha value is -9.96. The van der Waals surface area contributed by atoms with Crippen LogP contribution in [0.2, 0.25) is 0 Å². The van der Waals surface area contributed by atoms with Gasteiger partial charge in [0.1, 0.15) is 22.3 Å². The third kappa shape index (κ3) is 14.8. The lowest BCUT2D eigenvalue weighted by Crippen LogP contribution is -2.25. The molecule has 1 spiro atoms. The molecule has 0 aliphatic heterocycles. The van der Waals surface area contributed by atoms with Crippen LogP contribution in [0.5, 0.6) is 0 Å². The van der Waals surface area contributed by atoms with Crippen LogP contribution in [-0.4, -0.2) is 4.57 Å². The number of rotatable bonds is 0. The summed E-state index contributed by atoms with van der Waals surface area (Å²) in [5.74, 6) is 0. The molecule has 494 valence electrons. The number of fused-ring (bicyclic) bond motifs is 22. The van der Waals surface area contributed by atoms with Crippen LogP contribution in [-0.2, 0) is 17.9 Å². The van der Waals surface area contributed by atoms with Crippen molar-refractivity contribution < 1.29 is 8.83 Å². The number of hydrogen-bond donors (Lipinski definition) is 0. The molecule has 3 heterocycles. The van der Waals surface area contributed by atoms with Gasteiger partial charge in [0, 0.05) is 55.8 Å². The highest BCUT2D eigenvalue weighted by Gasteiger charge is 2.51. The highest BCUT2D eigenvalue weighted by Crippen LogP contribution is 2.62. The number of furan rings is 2. The second-order valence-corrected chi connectivity index (χ2v) is 21.4. The molecule has 0 saturated carbocycles. The van der Waals surface area contributed by atoms with Crippen molar-refractivity contribution in [1.82, 2.24) is 4.57 Å². The highest BCUT2D eigenvalue weighted by molar-refractivity contribution is 6.08. The zero-order chi connectivity index (χ0) is 69.8. The van der Waals surface area contributed by atoms with Crippen LogP contribution in [0.15, 0.2) is 300 Å². The number of aryl methyl sites for hydroxylation is 1. The largest absolute Gasteiger partial charge is 0.456 e. The molecule has 0 unspecified atom stereocenters. The molecule has 0 saturated heterocycles. The first-order chi connectivity index (χ1) is 47.4. The van der Waals surface area contributed by atoms with E-state index in [1.165, 1.54) is 110 Å². The van der Waals surface area contributed by atoms with E-state index in [9.17, 15) is 0 Å². The predicted octanol–water partition coefficient (Wildman–Crippen LogP) is 28.7. The topological polar surface area (TPSA) is 31.2 Å². The van der Waals surface area contributed by atoms with E-state index < -0.39 is 0 Å². The summed E-state index contributed by atoms with van der Waals surface area (Å²) >= 11 is 0. The summed E-state index contributed by atoms with van der Waals surface area (Å²) in [6.07, 6.45) is 0. The Labute approximate surface area is 576 Å². The van der Waals surface area contributed by atoms with Gasteiger partial charge in [0.25, 0.3) is 0 Å². The summed E-state index contributed by atoms with van der Waals surface area (Å²) < 4.78 is 13.5. The lowest BCUT2D eigenvalue weighted by atomic mass is 9.70. The molecule has 0 atom stereocenters. The minimum absolute atomic E-state index is 0.160. The molecule has 3 heteroatoms. The van der Waals surface area contributed by atoms with Crippen molar-refractivity contribution in [3.8, 4) is 33.4 Å². The van der Waals surface area contributed by atoms with E-state index in [0.29, 0.717) is 0 Å². The van der Waals surface area contributed by atoms with Crippen molar-refractivity contribution in [2.24, 2.45) is 7.05 Å². The fourth-order valence-electron chi connectivity index (χ4n) is 13.2. The molecule has 3 aromatic heterocycles. The smallest absolute Gasteiger partial charge is 0.135 e. The Morgan fingerprint density at radius 2 is 0.385 bits per heavy atom. The van der Waals surface area contributed by atoms with Crippen molar-refractivity contribution in [2.45, 2.75) is 135 Å². The summed E-state index contributed by atoms with van der Waals surface area (Å²) in [6, 6.07) is 103. The Morgan fingerprint density at radius 1 is 0.208 bits per heavy atom. The van der Waals surface area contributed by atoms with Gasteiger partial charge >= 0.3 is 0 Å². The zero-order valence-corrected chi connectivity index (χ0v) is 61.0. The van der Waals surface area contributed by atoms with E-state index in [2.05, 4.69) is 244 Å². The highest BCUT2D eigenvalue weighted by atomic mass is 16.3. The summed E-state index contributed by atoms with van der Waals surface area (Å²) in [4.78, 5) is 0. The van der Waals surface area contributed by atoms with E-state index in [1.54, 1.807) is 0 Å². The molecule has 3 aliphatic carbocycles. The molecule has 12 aromatic carbocycles. The monoisotopic (exact) mass is 1270 g/mol. The summed E-state index contributed by atoms with van der Waals surface area (Å²) in [7, 11) is 2.12. The first kappa shape index (κ1) is 75.1. The molecular weight excluding hydrogens is 1160 g/mol. The fraction of sp³-hybridized carbons (Fsp3) is 0.226. The molecule has 3 aliphatic rings. The number of benzene rings is 12. The summed E-state index contributed by atoms with van der Waals surface area (Å²) in [5.41, 5.74) is 23.2. The van der Waals surface area contributed by atoms with Gasteiger partial charge in [-0.05, 0) is 103 Å². The Kier molecular flexibility index (Phi) is 29.1. The molecule has 18 rings (SSSR count). The number of hydrogen-bond acceptors (Lipinski definition) is 2. The van der Waals surface area contributed by atoms with Crippen LogP contribution < -0.4 is 0 Å². The van der Waals surface area contributed by atoms with Crippen molar-refractivity contribution in [3.05, 3.63) is 325 Å². The van der Waals surface area contributed by atoms with E-state index in [0.717, 1.165) is 22.3 Å². The van der Waals surface area contributed by atoms with Crippen LogP contribution in [0.3, 0.4) is 0 Å². The van der Waals surface area contributed by atoms with E-state index in [-0.39, 0.29) is 10.8 Å². The predicted molar refractivity (Wildman–Crippen MR) is 425 cm³/mol. The SMILES string of the molecule is CC.CC.CC.CC.CC.CC.CC.CC.CC1(C)c2ccccc2-c2ccccc21.Cn1c2ccccc2c2ccccc21.c1ccc2c(c1)-c1ccccc1C21c2ccccc2-c2ccccc21.c1ccc2c(c1)oc1ccccc12.c1ccc2c(c1)oc1ccccc12. The second-order valence-electron chi connectivity index (χ2n) is 21.4. The Balaban J connectivity index is 0.000000184.